The Morgan fingerprint density at radius 3 is 2.20 bits per heavy atom. The molecule has 1 rings (SSSR count). The Kier molecular flexibility index (Phi) is 5.44. The molecular weight excluding hydrogens is 198 g/mol. The third kappa shape index (κ3) is 3.27. The second kappa shape index (κ2) is 5.81. The number of hydrogen-bond donors (Lipinski definition) is 1. The van der Waals surface area contributed by atoms with Crippen LogP contribution < -0.4 is 0 Å². The van der Waals surface area contributed by atoms with E-state index in [2.05, 4.69) is 0 Å². The summed E-state index contributed by atoms with van der Waals surface area (Å²) in [6.07, 6.45) is 0. The van der Waals surface area contributed by atoms with Crippen molar-refractivity contribution >= 4 is 0 Å². The molecule has 0 saturated heterocycles. The predicted molar refractivity (Wildman–Crippen MR) is 58.2 cm³/mol. The van der Waals surface area contributed by atoms with Crippen LogP contribution in [0.4, 0.5) is 8.78 Å². The predicted octanol–water partition coefficient (Wildman–Crippen LogP) is 3.41. The Morgan fingerprint density at radius 1 is 1.20 bits per heavy atom. The van der Waals surface area contributed by atoms with Gasteiger partial charge in [0.2, 0.25) is 0 Å². The number of alkyl halides is 2. The lowest BCUT2D eigenvalue weighted by Gasteiger charge is -2.17. The molecule has 1 N–H and O–H groups in total. The van der Waals surface area contributed by atoms with E-state index in [1.165, 1.54) is 6.07 Å². The molecule has 0 aliphatic carbocycles. The quantitative estimate of drug-likeness (QED) is 0.803. The van der Waals surface area contributed by atoms with Crippen molar-refractivity contribution in [2.24, 2.45) is 0 Å². The number of rotatable bonds is 2. The fourth-order valence-corrected chi connectivity index (χ4v) is 1.23. The highest BCUT2D eigenvalue weighted by Crippen LogP contribution is 2.30. The highest BCUT2D eigenvalue weighted by Gasteiger charge is 2.32. The smallest absolute Gasteiger partial charge is 0.296 e. The number of aliphatic hydroxyl groups excluding tert-OH is 1. The molecule has 0 saturated carbocycles. The summed E-state index contributed by atoms with van der Waals surface area (Å²) >= 11 is 0. The summed E-state index contributed by atoms with van der Waals surface area (Å²) in [6.45, 7) is 6.26. The average molecular weight is 216 g/mol. The monoisotopic (exact) mass is 216 g/mol. The van der Waals surface area contributed by atoms with Crippen molar-refractivity contribution in [1.82, 2.24) is 0 Å². The summed E-state index contributed by atoms with van der Waals surface area (Å²) in [7, 11) is 0. The van der Waals surface area contributed by atoms with Gasteiger partial charge in [0.15, 0.2) is 0 Å². The molecule has 0 aromatic heterocycles. The van der Waals surface area contributed by atoms with Crippen LogP contribution in [0.5, 0.6) is 0 Å². The largest absolute Gasteiger partial charge is 0.390 e. The summed E-state index contributed by atoms with van der Waals surface area (Å²) in [4.78, 5) is 0. The second-order valence-corrected chi connectivity index (χ2v) is 3.11. The van der Waals surface area contributed by atoms with Crippen LogP contribution in [0.25, 0.3) is 0 Å². The summed E-state index contributed by atoms with van der Waals surface area (Å²) in [5, 5.41) is 8.51. The molecule has 0 fully saturated rings. The van der Waals surface area contributed by atoms with Crippen molar-refractivity contribution in [3.05, 3.63) is 34.9 Å². The number of aryl methyl sites for hydroxylation is 1. The van der Waals surface area contributed by atoms with E-state index in [0.29, 0.717) is 5.56 Å². The highest BCUT2D eigenvalue weighted by molar-refractivity contribution is 5.36. The maximum atomic E-state index is 13.1. The van der Waals surface area contributed by atoms with Gasteiger partial charge in [-0.1, -0.05) is 32.0 Å². The van der Waals surface area contributed by atoms with E-state index in [1.807, 2.05) is 13.8 Å². The van der Waals surface area contributed by atoms with Gasteiger partial charge < -0.3 is 5.11 Å². The molecule has 1 aromatic carbocycles. The first-order valence-corrected chi connectivity index (χ1v) is 5.04. The zero-order valence-electron chi connectivity index (χ0n) is 9.64. The van der Waals surface area contributed by atoms with Crippen LogP contribution in [0.3, 0.4) is 0 Å². The van der Waals surface area contributed by atoms with Crippen LogP contribution in [-0.2, 0) is 5.92 Å². The number of benzene rings is 1. The number of halogens is 2. The molecule has 0 aliphatic rings. The van der Waals surface area contributed by atoms with Gasteiger partial charge in [0, 0.05) is 5.56 Å². The van der Waals surface area contributed by atoms with E-state index in [9.17, 15) is 8.78 Å². The van der Waals surface area contributed by atoms with E-state index < -0.39 is 12.5 Å². The van der Waals surface area contributed by atoms with Crippen molar-refractivity contribution in [3.8, 4) is 0 Å². The average Bonchev–Trinajstić information content (AvgIpc) is 2.25. The Hall–Kier alpha value is -0.960. The maximum Gasteiger partial charge on any atom is 0.296 e. The van der Waals surface area contributed by atoms with Crippen molar-refractivity contribution in [2.45, 2.75) is 33.6 Å². The van der Waals surface area contributed by atoms with Gasteiger partial charge in [-0.3, -0.25) is 0 Å². The van der Waals surface area contributed by atoms with Gasteiger partial charge in [-0.15, -0.1) is 0 Å². The molecular formula is C12H18F2O. The zero-order valence-corrected chi connectivity index (χ0v) is 9.64. The molecule has 0 unspecified atom stereocenters. The van der Waals surface area contributed by atoms with Crippen molar-refractivity contribution in [3.63, 3.8) is 0 Å². The SMILES string of the molecule is CC.Cc1cccc(C(F)(F)CO)c1C. The Balaban J connectivity index is 0.000000921. The molecule has 0 atom stereocenters. The highest BCUT2D eigenvalue weighted by atomic mass is 19.3. The molecule has 0 bridgehead atoms. The van der Waals surface area contributed by atoms with Gasteiger partial charge >= 0.3 is 0 Å². The molecule has 3 heteroatoms. The summed E-state index contributed by atoms with van der Waals surface area (Å²) in [5.41, 5.74) is 1.27. The lowest BCUT2D eigenvalue weighted by atomic mass is 9.99. The van der Waals surface area contributed by atoms with Crippen molar-refractivity contribution in [2.75, 3.05) is 6.61 Å². The molecule has 0 radical (unpaired) electrons. The molecule has 1 nitrogen and oxygen atoms in total. The first-order valence-electron chi connectivity index (χ1n) is 5.04. The topological polar surface area (TPSA) is 20.2 Å². The minimum absolute atomic E-state index is 0.0880. The molecule has 0 aliphatic heterocycles. The lowest BCUT2D eigenvalue weighted by molar-refractivity contribution is -0.0561. The van der Waals surface area contributed by atoms with Gasteiger partial charge in [0.25, 0.3) is 5.92 Å². The second-order valence-electron chi connectivity index (χ2n) is 3.11. The molecule has 86 valence electrons. The zero-order chi connectivity index (χ0) is 12.1. The Labute approximate surface area is 89.8 Å². The van der Waals surface area contributed by atoms with E-state index in [4.69, 9.17) is 5.11 Å². The summed E-state index contributed by atoms with van der Waals surface area (Å²) in [5.74, 6) is -3.13. The molecule has 0 heterocycles. The van der Waals surface area contributed by atoms with E-state index in [1.54, 1.807) is 26.0 Å². The first kappa shape index (κ1) is 14.0. The number of hydrogen-bond acceptors (Lipinski definition) is 1. The van der Waals surface area contributed by atoms with Crippen LogP contribution >= 0.6 is 0 Å². The summed E-state index contributed by atoms with van der Waals surface area (Å²) < 4.78 is 26.2. The van der Waals surface area contributed by atoms with Gasteiger partial charge in [-0.05, 0) is 25.0 Å². The normalized spacial score (nSPS) is 10.6. The first-order chi connectivity index (χ1) is 6.99. The third-order valence-corrected chi connectivity index (χ3v) is 2.20. The van der Waals surface area contributed by atoms with Crippen LogP contribution in [0.2, 0.25) is 0 Å². The molecule has 15 heavy (non-hydrogen) atoms. The van der Waals surface area contributed by atoms with Crippen LogP contribution in [0.1, 0.15) is 30.5 Å². The van der Waals surface area contributed by atoms with Gasteiger partial charge in [-0.25, -0.2) is 0 Å². The molecule has 0 amide bonds. The van der Waals surface area contributed by atoms with Crippen molar-refractivity contribution in [1.29, 1.82) is 0 Å². The van der Waals surface area contributed by atoms with Crippen molar-refractivity contribution < 1.29 is 13.9 Å². The molecule has 1 aromatic rings. The van der Waals surface area contributed by atoms with Crippen LogP contribution in [-0.4, -0.2) is 11.7 Å². The lowest BCUT2D eigenvalue weighted by Crippen LogP contribution is -2.20. The maximum absolute atomic E-state index is 13.1. The fraction of sp³-hybridized carbons (Fsp3) is 0.500. The fourth-order valence-electron chi connectivity index (χ4n) is 1.23. The van der Waals surface area contributed by atoms with Crippen LogP contribution in [0, 0.1) is 13.8 Å². The van der Waals surface area contributed by atoms with E-state index in [-0.39, 0.29) is 5.56 Å². The van der Waals surface area contributed by atoms with E-state index >= 15 is 0 Å². The summed E-state index contributed by atoms with van der Waals surface area (Å²) in [6, 6.07) is 4.69. The number of aliphatic hydroxyl groups is 1. The van der Waals surface area contributed by atoms with Crippen LogP contribution in [0.15, 0.2) is 18.2 Å². The standard InChI is InChI=1S/C10H12F2O.C2H6/c1-7-4-3-5-9(8(7)2)10(11,12)6-13;1-2/h3-5,13H,6H2,1-2H3;1-2H3. The third-order valence-electron chi connectivity index (χ3n) is 2.20. The van der Waals surface area contributed by atoms with Gasteiger partial charge in [0.05, 0.1) is 0 Å². The minimum Gasteiger partial charge on any atom is -0.390 e. The minimum atomic E-state index is -3.13. The Bertz CT molecular complexity index is 308. The van der Waals surface area contributed by atoms with E-state index in [0.717, 1.165) is 5.56 Å². The van der Waals surface area contributed by atoms with Gasteiger partial charge in [0.1, 0.15) is 6.61 Å². The van der Waals surface area contributed by atoms with Gasteiger partial charge in [-0.2, -0.15) is 8.78 Å². The Morgan fingerprint density at radius 2 is 1.73 bits per heavy atom. The molecule has 0 spiro atoms.